The van der Waals surface area contributed by atoms with E-state index in [1.807, 2.05) is 6.07 Å². The summed E-state index contributed by atoms with van der Waals surface area (Å²) >= 11 is 12.2. The molecule has 0 fully saturated rings. The molecule has 0 amide bonds. The van der Waals surface area contributed by atoms with Gasteiger partial charge in [-0.15, -0.1) is 0 Å². The molecular formula is C14H11Cl2N5O. The number of rotatable bonds is 1. The van der Waals surface area contributed by atoms with Crippen LogP contribution in [0.25, 0.3) is 5.70 Å². The van der Waals surface area contributed by atoms with Crippen LogP contribution in [0, 0.1) is 0 Å². The van der Waals surface area contributed by atoms with E-state index in [4.69, 9.17) is 29.0 Å². The molecule has 1 aromatic carbocycles. The summed E-state index contributed by atoms with van der Waals surface area (Å²) in [7, 11) is 0. The van der Waals surface area contributed by atoms with E-state index in [-0.39, 0.29) is 17.5 Å². The molecule has 8 heteroatoms. The van der Waals surface area contributed by atoms with Crippen molar-refractivity contribution in [1.29, 1.82) is 0 Å². The van der Waals surface area contributed by atoms with Crippen LogP contribution in [0.2, 0.25) is 10.2 Å². The maximum absolute atomic E-state index is 10.4. The van der Waals surface area contributed by atoms with Crippen molar-refractivity contribution in [2.24, 2.45) is 15.9 Å². The Morgan fingerprint density at radius 2 is 1.95 bits per heavy atom. The summed E-state index contributed by atoms with van der Waals surface area (Å²) in [5, 5.41) is 16.6. The van der Waals surface area contributed by atoms with Gasteiger partial charge in [0.2, 0.25) is 0 Å². The van der Waals surface area contributed by atoms with E-state index in [9.17, 15) is 5.21 Å². The Kier molecular flexibility index (Phi) is 3.98. The second-order valence-corrected chi connectivity index (χ2v) is 5.34. The number of aromatic nitrogens is 1. The van der Waals surface area contributed by atoms with Gasteiger partial charge in [-0.3, -0.25) is 5.21 Å². The van der Waals surface area contributed by atoms with Crippen LogP contribution < -0.4 is 16.5 Å². The topological polar surface area (TPSA) is 87.1 Å². The molecule has 112 valence electrons. The average molecular weight is 336 g/mol. The zero-order valence-electron chi connectivity index (χ0n) is 11.2. The summed E-state index contributed by atoms with van der Waals surface area (Å²) < 4.78 is 0. The minimum absolute atomic E-state index is 0.00500. The summed E-state index contributed by atoms with van der Waals surface area (Å²) in [5.41, 5.74) is 1.00. The monoisotopic (exact) mass is 335 g/mol. The van der Waals surface area contributed by atoms with Crippen LogP contribution in [-0.4, -0.2) is 27.6 Å². The molecule has 1 aliphatic heterocycles. The number of hydrogen-bond acceptors (Lipinski definition) is 5. The number of benzene rings is 1. The normalized spacial score (nSPS) is 16.2. The molecule has 0 saturated carbocycles. The third-order valence-corrected chi connectivity index (χ3v) is 3.68. The van der Waals surface area contributed by atoms with E-state index < -0.39 is 0 Å². The molecule has 3 rings (SSSR count). The number of pyridine rings is 1. The van der Waals surface area contributed by atoms with Crippen molar-refractivity contribution in [3.63, 3.8) is 0 Å². The number of halogens is 2. The van der Waals surface area contributed by atoms with Crippen LogP contribution in [0.3, 0.4) is 0 Å². The van der Waals surface area contributed by atoms with E-state index >= 15 is 0 Å². The molecule has 0 bridgehead atoms. The molecule has 2 aromatic rings. The molecule has 0 spiro atoms. The Hall–Kier alpha value is -2.15. The number of amidine groups is 1. The third kappa shape index (κ3) is 2.64. The number of fused-ring (bicyclic) bond motifs is 1. The fourth-order valence-electron chi connectivity index (χ4n) is 2.19. The van der Waals surface area contributed by atoms with E-state index in [1.54, 1.807) is 30.3 Å². The average Bonchev–Trinajstić information content (AvgIpc) is 2.64. The predicted octanol–water partition coefficient (Wildman–Crippen LogP) is 1.14. The first-order valence-corrected chi connectivity index (χ1v) is 7.09. The minimum atomic E-state index is 0.00500. The van der Waals surface area contributed by atoms with Crippen LogP contribution in [0.15, 0.2) is 46.5 Å². The van der Waals surface area contributed by atoms with Crippen LogP contribution >= 0.6 is 23.2 Å². The van der Waals surface area contributed by atoms with E-state index in [0.717, 1.165) is 5.06 Å². The third-order valence-electron chi connectivity index (χ3n) is 3.14. The van der Waals surface area contributed by atoms with Gasteiger partial charge in [0, 0.05) is 5.56 Å². The highest BCUT2D eigenvalue weighted by atomic mass is 35.5. The number of hydrazone groups is 1. The molecule has 0 unspecified atom stereocenters. The lowest BCUT2D eigenvalue weighted by molar-refractivity contribution is -0.0122. The zero-order valence-corrected chi connectivity index (χ0v) is 12.8. The van der Waals surface area contributed by atoms with Crippen molar-refractivity contribution in [1.82, 2.24) is 10.0 Å². The zero-order chi connectivity index (χ0) is 15.7. The van der Waals surface area contributed by atoms with Crippen molar-refractivity contribution in [3.8, 4) is 0 Å². The van der Waals surface area contributed by atoms with Gasteiger partial charge in [-0.1, -0.05) is 41.4 Å². The number of hydroxylamine groups is 2. The molecule has 0 radical (unpaired) electrons. The smallest absolute Gasteiger partial charge is 0.170 e. The van der Waals surface area contributed by atoms with Gasteiger partial charge in [0.25, 0.3) is 0 Å². The van der Waals surface area contributed by atoms with Gasteiger partial charge in [0.15, 0.2) is 5.84 Å². The van der Waals surface area contributed by atoms with Gasteiger partial charge in [0.1, 0.15) is 22.7 Å². The lowest BCUT2D eigenvalue weighted by Gasteiger charge is -2.19. The molecule has 0 aliphatic carbocycles. The van der Waals surface area contributed by atoms with Crippen LogP contribution in [0.4, 0.5) is 0 Å². The summed E-state index contributed by atoms with van der Waals surface area (Å²) in [4.78, 5) is 8.56. The van der Waals surface area contributed by atoms with Crippen molar-refractivity contribution < 1.29 is 5.21 Å². The van der Waals surface area contributed by atoms with Gasteiger partial charge in [-0.2, -0.15) is 5.10 Å². The van der Waals surface area contributed by atoms with Crippen molar-refractivity contribution in [2.75, 3.05) is 6.54 Å². The van der Waals surface area contributed by atoms with E-state index in [0.29, 0.717) is 27.0 Å². The first-order valence-electron chi connectivity index (χ1n) is 6.34. The molecule has 0 saturated heterocycles. The largest absolute Gasteiger partial charge is 0.321 e. The van der Waals surface area contributed by atoms with Gasteiger partial charge >= 0.3 is 0 Å². The van der Waals surface area contributed by atoms with E-state index in [1.165, 1.54) is 0 Å². The molecular weight excluding hydrogens is 325 g/mol. The van der Waals surface area contributed by atoms with Crippen molar-refractivity contribution in [3.05, 3.63) is 62.8 Å². The highest BCUT2D eigenvalue weighted by molar-refractivity contribution is 6.32. The second-order valence-electron chi connectivity index (χ2n) is 4.54. The van der Waals surface area contributed by atoms with Gasteiger partial charge in [-0.25, -0.2) is 15.0 Å². The molecule has 3 N–H and O–H groups in total. The quantitative estimate of drug-likeness (QED) is 0.464. The number of nitrogens with zero attached hydrogens (tertiary/aromatic N) is 4. The first-order chi connectivity index (χ1) is 10.6. The minimum Gasteiger partial charge on any atom is -0.321 e. The van der Waals surface area contributed by atoms with Gasteiger partial charge in [-0.05, 0) is 18.2 Å². The van der Waals surface area contributed by atoms with Gasteiger partial charge < -0.3 is 5.84 Å². The lowest BCUT2D eigenvalue weighted by atomic mass is 10.1. The Labute approximate surface area is 135 Å². The van der Waals surface area contributed by atoms with Crippen LogP contribution in [0.5, 0.6) is 0 Å². The lowest BCUT2D eigenvalue weighted by Crippen LogP contribution is -2.34. The molecule has 1 aromatic heterocycles. The van der Waals surface area contributed by atoms with Crippen molar-refractivity contribution in [2.45, 2.75) is 0 Å². The maximum Gasteiger partial charge on any atom is 0.170 e. The fraction of sp³-hybridized carbons (Fsp3) is 0.0714. The summed E-state index contributed by atoms with van der Waals surface area (Å²) in [5.74, 6) is 5.57. The summed E-state index contributed by atoms with van der Waals surface area (Å²) in [6.45, 7) is 0.00500. The fourth-order valence-corrected chi connectivity index (χ4v) is 2.56. The summed E-state index contributed by atoms with van der Waals surface area (Å²) in [6, 6.07) is 10.4. The molecule has 6 nitrogen and oxygen atoms in total. The molecule has 1 aliphatic rings. The summed E-state index contributed by atoms with van der Waals surface area (Å²) in [6.07, 6.45) is 0. The van der Waals surface area contributed by atoms with Crippen LogP contribution in [-0.2, 0) is 0 Å². The number of hydrogen-bond donors (Lipinski definition) is 2. The predicted molar refractivity (Wildman–Crippen MR) is 84.1 cm³/mol. The molecule has 0 atom stereocenters. The van der Waals surface area contributed by atoms with E-state index in [2.05, 4.69) is 15.1 Å². The van der Waals surface area contributed by atoms with Gasteiger partial charge in [0.05, 0.1) is 10.4 Å². The number of nitrogens with two attached hydrogens (primary N) is 1. The Balaban J connectivity index is 2.45. The maximum atomic E-state index is 10.4. The highest BCUT2D eigenvalue weighted by Gasteiger charge is 2.20. The SMILES string of the molecule is NN=C1CN(O)C(c2ccccc2Cl)=c2nc(Cl)ccc2=N1. The molecule has 22 heavy (non-hydrogen) atoms. The standard InChI is InChI=1S/C14H11Cl2N5O/c15-9-4-2-1-3-8(9)14-13-10(5-6-11(16)19-13)18-12(20-17)7-21(14)22/h1-6,22H,7,17H2. The van der Waals surface area contributed by atoms with Crippen LogP contribution in [0.1, 0.15) is 5.56 Å². The Morgan fingerprint density at radius 1 is 1.18 bits per heavy atom. The Morgan fingerprint density at radius 3 is 2.68 bits per heavy atom. The highest BCUT2D eigenvalue weighted by Crippen LogP contribution is 2.23. The first kappa shape index (κ1) is 14.8. The van der Waals surface area contributed by atoms with Crippen molar-refractivity contribution >= 4 is 34.7 Å². The molecule has 2 heterocycles. The Bertz CT molecular complexity index is 881. The second kappa shape index (κ2) is 5.92.